The summed E-state index contributed by atoms with van der Waals surface area (Å²) < 4.78 is 0. The molecule has 2 amide bonds. The standard InChI is InChI=1S/C23H28N2O3/c1-3-21(27)25-19(22(20(25)16-26)17-11-7-5-8-12-17)15-24(4-2)23(28)18-13-9-6-10-14-18/h5-14,19-20,22,26H,3-4,15-16H2,1-2H3/t19-,20+,22+/m0/s1. The molecule has 2 aromatic carbocycles. The van der Waals surface area contributed by atoms with E-state index in [2.05, 4.69) is 0 Å². The maximum absolute atomic E-state index is 13.0. The van der Waals surface area contributed by atoms with E-state index in [9.17, 15) is 14.7 Å². The van der Waals surface area contributed by atoms with Crippen LogP contribution < -0.4 is 0 Å². The summed E-state index contributed by atoms with van der Waals surface area (Å²) in [6.07, 6.45) is 0.382. The van der Waals surface area contributed by atoms with Crippen molar-refractivity contribution in [3.63, 3.8) is 0 Å². The van der Waals surface area contributed by atoms with Crippen molar-refractivity contribution in [1.82, 2.24) is 9.80 Å². The van der Waals surface area contributed by atoms with Crippen LogP contribution in [0.3, 0.4) is 0 Å². The fourth-order valence-corrected chi connectivity index (χ4v) is 4.17. The molecule has 3 atom stereocenters. The van der Waals surface area contributed by atoms with Gasteiger partial charge >= 0.3 is 0 Å². The molecule has 0 bridgehead atoms. The van der Waals surface area contributed by atoms with Crippen LogP contribution in [0, 0.1) is 0 Å². The molecule has 0 saturated carbocycles. The third-order valence-electron chi connectivity index (χ3n) is 5.60. The fraction of sp³-hybridized carbons (Fsp3) is 0.391. The lowest BCUT2D eigenvalue weighted by atomic mass is 9.74. The van der Waals surface area contributed by atoms with Crippen molar-refractivity contribution in [2.24, 2.45) is 0 Å². The Morgan fingerprint density at radius 1 is 0.964 bits per heavy atom. The molecule has 1 aliphatic heterocycles. The van der Waals surface area contributed by atoms with Gasteiger partial charge in [-0.25, -0.2) is 0 Å². The first-order chi connectivity index (χ1) is 13.6. The number of carbonyl (C=O) groups excluding carboxylic acids is 2. The number of aliphatic hydroxyl groups excluding tert-OH is 1. The Labute approximate surface area is 166 Å². The number of amides is 2. The molecule has 1 heterocycles. The number of likely N-dealkylation sites (N-methyl/N-ethyl adjacent to an activating group) is 1. The van der Waals surface area contributed by atoms with Crippen molar-refractivity contribution in [2.45, 2.75) is 38.3 Å². The zero-order chi connectivity index (χ0) is 20.1. The monoisotopic (exact) mass is 380 g/mol. The quantitative estimate of drug-likeness (QED) is 0.803. The van der Waals surface area contributed by atoms with Gasteiger partial charge in [-0.15, -0.1) is 0 Å². The Hall–Kier alpha value is -2.66. The zero-order valence-electron chi connectivity index (χ0n) is 16.5. The van der Waals surface area contributed by atoms with Crippen LogP contribution in [0.4, 0.5) is 0 Å². The largest absolute Gasteiger partial charge is 0.394 e. The van der Waals surface area contributed by atoms with Crippen LogP contribution in [-0.4, -0.2) is 58.5 Å². The van der Waals surface area contributed by atoms with Gasteiger partial charge in [0.25, 0.3) is 5.91 Å². The van der Waals surface area contributed by atoms with E-state index in [-0.39, 0.29) is 36.4 Å². The number of benzene rings is 2. The molecule has 148 valence electrons. The fourth-order valence-electron chi connectivity index (χ4n) is 4.17. The van der Waals surface area contributed by atoms with Gasteiger partial charge in [-0.2, -0.15) is 0 Å². The van der Waals surface area contributed by atoms with Gasteiger partial charge in [0.2, 0.25) is 5.91 Å². The summed E-state index contributed by atoms with van der Waals surface area (Å²) in [6, 6.07) is 18.8. The molecule has 3 rings (SSSR count). The predicted octanol–water partition coefficient (Wildman–Crippen LogP) is 2.91. The average Bonchev–Trinajstić information content (AvgIpc) is 2.74. The van der Waals surface area contributed by atoms with Gasteiger partial charge in [0.05, 0.1) is 18.7 Å². The number of aliphatic hydroxyl groups is 1. The number of likely N-dealkylation sites (tertiary alicyclic amines) is 1. The van der Waals surface area contributed by atoms with Gasteiger partial charge in [-0.3, -0.25) is 9.59 Å². The normalized spacial score (nSPS) is 21.1. The molecule has 1 aliphatic rings. The summed E-state index contributed by atoms with van der Waals surface area (Å²) in [4.78, 5) is 29.1. The molecular weight excluding hydrogens is 352 g/mol. The third kappa shape index (κ3) is 3.80. The predicted molar refractivity (Wildman–Crippen MR) is 109 cm³/mol. The van der Waals surface area contributed by atoms with Gasteiger partial charge in [0.1, 0.15) is 0 Å². The van der Waals surface area contributed by atoms with Crippen LogP contribution in [0.25, 0.3) is 0 Å². The van der Waals surface area contributed by atoms with Crippen LogP contribution in [0.15, 0.2) is 60.7 Å². The number of nitrogens with zero attached hydrogens (tertiary/aromatic N) is 2. The molecule has 0 aliphatic carbocycles. The second-order valence-corrected chi connectivity index (χ2v) is 7.12. The molecule has 0 spiro atoms. The molecule has 5 nitrogen and oxygen atoms in total. The molecule has 1 saturated heterocycles. The molecule has 0 radical (unpaired) electrons. The minimum Gasteiger partial charge on any atom is -0.394 e. The molecule has 2 aromatic rings. The summed E-state index contributed by atoms with van der Waals surface area (Å²) >= 11 is 0. The number of hydrogen-bond acceptors (Lipinski definition) is 3. The average molecular weight is 380 g/mol. The SMILES string of the molecule is CCC(=O)N1[C@H](CO)[C@H](c2ccccc2)[C@@H]1CN(CC)C(=O)c1ccccc1. The Kier molecular flexibility index (Phi) is 6.47. The molecule has 1 fully saturated rings. The maximum atomic E-state index is 13.0. The molecule has 0 aromatic heterocycles. The minimum absolute atomic E-state index is 0.0133. The smallest absolute Gasteiger partial charge is 0.253 e. The second kappa shape index (κ2) is 9.02. The van der Waals surface area contributed by atoms with E-state index in [0.717, 1.165) is 5.56 Å². The summed E-state index contributed by atoms with van der Waals surface area (Å²) in [6.45, 7) is 4.71. The van der Waals surface area contributed by atoms with Crippen LogP contribution in [0.1, 0.15) is 42.1 Å². The highest BCUT2D eigenvalue weighted by Gasteiger charge is 2.51. The van der Waals surface area contributed by atoms with Crippen LogP contribution in [-0.2, 0) is 4.79 Å². The van der Waals surface area contributed by atoms with Gasteiger partial charge in [0.15, 0.2) is 0 Å². The molecule has 28 heavy (non-hydrogen) atoms. The van der Waals surface area contributed by atoms with Crippen molar-refractivity contribution in [1.29, 1.82) is 0 Å². The van der Waals surface area contributed by atoms with Gasteiger partial charge < -0.3 is 14.9 Å². The van der Waals surface area contributed by atoms with Crippen molar-refractivity contribution in [3.8, 4) is 0 Å². The third-order valence-corrected chi connectivity index (χ3v) is 5.60. The lowest BCUT2D eigenvalue weighted by molar-refractivity contribution is -0.151. The van der Waals surface area contributed by atoms with E-state index in [0.29, 0.717) is 25.1 Å². The van der Waals surface area contributed by atoms with E-state index in [1.54, 1.807) is 9.80 Å². The second-order valence-electron chi connectivity index (χ2n) is 7.12. The molecular formula is C23H28N2O3. The topological polar surface area (TPSA) is 60.9 Å². The highest BCUT2D eigenvalue weighted by molar-refractivity contribution is 5.94. The van der Waals surface area contributed by atoms with Crippen molar-refractivity contribution in [2.75, 3.05) is 19.7 Å². The lowest BCUT2D eigenvalue weighted by Crippen LogP contribution is -2.68. The lowest BCUT2D eigenvalue weighted by Gasteiger charge is -2.56. The maximum Gasteiger partial charge on any atom is 0.253 e. The van der Waals surface area contributed by atoms with E-state index in [4.69, 9.17) is 0 Å². The molecule has 1 N–H and O–H groups in total. The summed E-state index contributed by atoms with van der Waals surface area (Å²) in [5.74, 6) is -0.00924. The Morgan fingerprint density at radius 3 is 2.11 bits per heavy atom. The van der Waals surface area contributed by atoms with E-state index < -0.39 is 0 Å². The number of rotatable bonds is 7. The van der Waals surface area contributed by atoms with E-state index in [1.807, 2.05) is 74.5 Å². The first kappa shape index (κ1) is 20.1. The molecule has 0 unspecified atom stereocenters. The molecule has 5 heteroatoms. The van der Waals surface area contributed by atoms with Crippen molar-refractivity contribution >= 4 is 11.8 Å². The number of carbonyl (C=O) groups is 2. The Morgan fingerprint density at radius 2 is 1.57 bits per heavy atom. The van der Waals surface area contributed by atoms with Gasteiger partial charge in [-0.1, -0.05) is 55.5 Å². The van der Waals surface area contributed by atoms with Crippen LogP contribution in [0.2, 0.25) is 0 Å². The zero-order valence-corrected chi connectivity index (χ0v) is 16.5. The van der Waals surface area contributed by atoms with E-state index >= 15 is 0 Å². The van der Waals surface area contributed by atoms with Gasteiger partial charge in [0, 0.05) is 31.0 Å². The summed E-state index contributed by atoms with van der Waals surface area (Å²) in [5.41, 5.74) is 1.74. The Balaban J connectivity index is 1.88. The summed E-state index contributed by atoms with van der Waals surface area (Å²) in [5, 5.41) is 9.95. The number of hydrogen-bond donors (Lipinski definition) is 1. The van der Waals surface area contributed by atoms with Crippen molar-refractivity contribution < 1.29 is 14.7 Å². The summed E-state index contributed by atoms with van der Waals surface area (Å²) in [7, 11) is 0. The van der Waals surface area contributed by atoms with E-state index in [1.165, 1.54) is 0 Å². The minimum atomic E-state index is -0.245. The van der Waals surface area contributed by atoms with Crippen LogP contribution in [0.5, 0.6) is 0 Å². The highest BCUT2D eigenvalue weighted by atomic mass is 16.3. The van der Waals surface area contributed by atoms with Crippen LogP contribution >= 0.6 is 0 Å². The van der Waals surface area contributed by atoms with Crippen molar-refractivity contribution in [3.05, 3.63) is 71.8 Å². The first-order valence-electron chi connectivity index (χ1n) is 9.93. The highest BCUT2D eigenvalue weighted by Crippen LogP contribution is 2.41. The van der Waals surface area contributed by atoms with Gasteiger partial charge in [-0.05, 0) is 24.6 Å². The Bertz CT molecular complexity index is 794. The first-order valence-corrected chi connectivity index (χ1v) is 9.93.